The van der Waals surface area contributed by atoms with Crippen molar-refractivity contribution in [1.29, 1.82) is 0 Å². The van der Waals surface area contributed by atoms with Crippen LogP contribution in [0.4, 0.5) is 4.39 Å². The molecule has 0 spiro atoms. The number of hydrogen-bond acceptors (Lipinski definition) is 2. The fourth-order valence-electron chi connectivity index (χ4n) is 1.90. The number of Topliss-reactive ketones (excluding diaryl/α,β-unsaturated/α-hetero) is 1. The Bertz CT molecular complexity index is 653. The summed E-state index contributed by atoms with van der Waals surface area (Å²) in [6.07, 6.45) is 0.196. The van der Waals surface area contributed by atoms with Crippen LogP contribution in [0.25, 0.3) is 0 Å². The Morgan fingerprint density at radius 1 is 0.955 bits per heavy atom. The number of halogens is 2. The molecule has 0 atom stereocenters. The van der Waals surface area contributed by atoms with E-state index in [1.165, 1.54) is 24.3 Å². The van der Waals surface area contributed by atoms with E-state index in [1.807, 2.05) is 12.1 Å². The minimum Gasteiger partial charge on any atom is -0.352 e. The van der Waals surface area contributed by atoms with E-state index in [0.717, 1.165) is 5.56 Å². The second kappa shape index (κ2) is 7.71. The summed E-state index contributed by atoms with van der Waals surface area (Å²) >= 11 is 5.78. The van der Waals surface area contributed by atoms with Crippen LogP contribution in [0, 0.1) is 5.82 Å². The summed E-state index contributed by atoms with van der Waals surface area (Å²) in [5.74, 6) is -0.774. The Morgan fingerprint density at radius 3 is 2.23 bits per heavy atom. The maximum atomic E-state index is 12.8. The molecule has 2 aromatic rings. The van der Waals surface area contributed by atoms with Crippen LogP contribution in [0.2, 0.25) is 5.02 Å². The van der Waals surface area contributed by atoms with E-state index in [9.17, 15) is 14.0 Å². The van der Waals surface area contributed by atoms with Gasteiger partial charge in [0.2, 0.25) is 5.91 Å². The predicted molar refractivity (Wildman–Crippen MR) is 83.3 cm³/mol. The molecule has 1 N–H and O–H groups in total. The fourth-order valence-corrected chi connectivity index (χ4v) is 2.02. The van der Waals surface area contributed by atoms with E-state index in [0.29, 0.717) is 17.1 Å². The van der Waals surface area contributed by atoms with E-state index in [4.69, 9.17) is 11.6 Å². The van der Waals surface area contributed by atoms with Gasteiger partial charge in [-0.3, -0.25) is 9.59 Å². The Hall–Kier alpha value is -2.20. The number of nitrogens with one attached hydrogen (secondary N) is 1. The summed E-state index contributed by atoms with van der Waals surface area (Å²) in [7, 11) is 0. The first-order chi connectivity index (χ1) is 10.5. The van der Waals surface area contributed by atoms with Gasteiger partial charge in [0.15, 0.2) is 5.78 Å². The molecule has 0 radical (unpaired) electrons. The first-order valence-electron chi connectivity index (χ1n) is 6.84. The van der Waals surface area contributed by atoms with Gasteiger partial charge >= 0.3 is 0 Å². The smallest absolute Gasteiger partial charge is 0.220 e. The lowest BCUT2D eigenvalue weighted by atomic mass is 10.1. The molecule has 0 bridgehead atoms. The van der Waals surface area contributed by atoms with Crippen LogP contribution in [-0.2, 0) is 11.3 Å². The normalized spacial score (nSPS) is 10.3. The quantitative estimate of drug-likeness (QED) is 0.824. The number of benzene rings is 2. The molecule has 0 unspecified atom stereocenters. The van der Waals surface area contributed by atoms with Gasteiger partial charge in [0.25, 0.3) is 0 Å². The molecule has 1 amide bonds. The predicted octanol–water partition coefficient (Wildman–Crippen LogP) is 3.76. The van der Waals surface area contributed by atoms with Gasteiger partial charge in [0, 0.05) is 30.0 Å². The zero-order valence-electron chi connectivity index (χ0n) is 11.8. The third kappa shape index (κ3) is 4.97. The molecule has 0 aromatic heterocycles. The van der Waals surface area contributed by atoms with E-state index in [2.05, 4.69) is 5.32 Å². The van der Waals surface area contributed by atoms with Crippen LogP contribution >= 0.6 is 11.6 Å². The van der Waals surface area contributed by atoms with Crippen molar-refractivity contribution in [2.75, 3.05) is 0 Å². The Morgan fingerprint density at radius 2 is 1.59 bits per heavy atom. The highest BCUT2D eigenvalue weighted by Crippen LogP contribution is 2.10. The van der Waals surface area contributed by atoms with Gasteiger partial charge in [0.1, 0.15) is 5.82 Å². The van der Waals surface area contributed by atoms with Crippen molar-refractivity contribution in [3.8, 4) is 0 Å². The van der Waals surface area contributed by atoms with Crippen molar-refractivity contribution >= 4 is 23.3 Å². The second-order valence-electron chi connectivity index (χ2n) is 4.83. The molecule has 0 aliphatic carbocycles. The van der Waals surface area contributed by atoms with Crippen LogP contribution < -0.4 is 5.32 Å². The topological polar surface area (TPSA) is 46.2 Å². The van der Waals surface area contributed by atoms with Gasteiger partial charge in [0.05, 0.1) is 0 Å². The Kier molecular flexibility index (Phi) is 5.67. The molecular formula is C17H15ClFNO2. The monoisotopic (exact) mass is 319 g/mol. The van der Waals surface area contributed by atoms with Gasteiger partial charge in [-0.1, -0.05) is 23.7 Å². The van der Waals surface area contributed by atoms with Crippen molar-refractivity contribution in [2.45, 2.75) is 19.4 Å². The van der Waals surface area contributed by atoms with Gasteiger partial charge in [-0.25, -0.2) is 4.39 Å². The fraction of sp³-hybridized carbons (Fsp3) is 0.176. The zero-order valence-corrected chi connectivity index (χ0v) is 12.6. The largest absolute Gasteiger partial charge is 0.352 e. The number of carbonyl (C=O) groups excluding carboxylic acids is 2. The SMILES string of the molecule is O=C(CCC(=O)c1ccc(F)cc1)NCc1ccc(Cl)cc1. The summed E-state index contributed by atoms with van der Waals surface area (Å²) in [4.78, 5) is 23.6. The van der Waals surface area contributed by atoms with E-state index < -0.39 is 5.82 Å². The van der Waals surface area contributed by atoms with Crippen LogP contribution in [0.15, 0.2) is 48.5 Å². The average molecular weight is 320 g/mol. The highest BCUT2D eigenvalue weighted by atomic mass is 35.5. The highest BCUT2D eigenvalue weighted by molar-refractivity contribution is 6.30. The van der Waals surface area contributed by atoms with E-state index >= 15 is 0 Å². The summed E-state index contributed by atoms with van der Waals surface area (Å²) in [6.45, 7) is 0.390. The van der Waals surface area contributed by atoms with Crippen LogP contribution in [0.3, 0.4) is 0 Å². The summed E-state index contributed by atoms with van der Waals surface area (Å²) in [6, 6.07) is 12.5. The molecule has 0 aliphatic heterocycles. The van der Waals surface area contributed by atoms with Crippen molar-refractivity contribution in [2.24, 2.45) is 0 Å². The molecular weight excluding hydrogens is 305 g/mol. The van der Waals surface area contributed by atoms with Crippen LogP contribution in [0.1, 0.15) is 28.8 Å². The minimum atomic E-state index is -0.391. The number of rotatable bonds is 6. The minimum absolute atomic E-state index is 0.0953. The molecule has 0 heterocycles. The zero-order chi connectivity index (χ0) is 15.9. The molecule has 2 rings (SSSR count). The highest BCUT2D eigenvalue weighted by Gasteiger charge is 2.09. The maximum Gasteiger partial charge on any atom is 0.220 e. The Labute approximate surface area is 133 Å². The molecule has 3 nitrogen and oxygen atoms in total. The molecule has 22 heavy (non-hydrogen) atoms. The number of carbonyl (C=O) groups is 2. The molecule has 2 aromatic carbocycles. The van der Waals surface area contributed by atoms with Crippen molar-refractivity contribution in [3.05, 3.63) is 70.5 Å². The lowest BCUT2D eigenvalue weighted by Gasteiger charge is -2.05. The average Bonchev–Trinajstić information content (AvgIpc) is 2.52. The molecule has 0 fully saturated rings. The van der Waals surface area contributed by atoms with E-state index in [-0.39, 0.29) is 24.5 Å². The lowest BCUT2D eigenvalue weighted by molar-refractivity contribution is -0.121. The van der Waals surface area contributed by atoms with Crippen LogP contribution in [-0.4, -0.2) is 11.7 Å². The molecule has 0 saturated heterocycles. The molecule has 114 valence electrons. The van der Waals surface area contributed by atoms with Gasteiger partial charge in [-0.2, -0.15) is 0 Å². The molecule has 0 aliphatic rings. The number of amides is 1. The number of ketones is 1. The van der Waals surface area contributed by atoms with Crippen molar-refractivity contribution in [1.82, 2.24) is 5.32 Å². The van der Waals surface area contributed by atoms with Crippen LogP contribution in [0.5, 0.6) is 0 Å². The molecule has 0 saturated carbocycles. The summed E-state index contributed by atoms with van der Waals surface area (Å²) in [5, 5.41) is 3.38. The molecule has 5 heteroatoms. The summed E-state index contributed by atoms with van der Waals surface area (Å²) in [5.41, 5.74) is 1.34. The third-order valence-corrected chi connectivity index (χ3v) is 3.40. The van der Waals surface area contributed by atoms with Gasteiger partial charge < -0.3 is 5.32 Å². The first-order valence-corrected chi connectivity index (χ1v) is 7.22. The third-order valence-electron chi connectivity index (χ3n) is 3.15. The van der Waals surface area contributed by atoms with Crippen molar-refractivity contribution in [3.63, 3.8) is 0 Å². The van der Waals surface area contributed by atoms with Gasteiger partial charge in [-0.15, -0.1) is 0 Å². The standard InChI is InChI=1S/C17H15ClFNO2/c18-14-5-1-12(2-6-14)11-20-17(22)10-9-16(21)13-3-7-15(19)8-4-13/h1-8H,9-11H2,(H,20,22). The first kappa shape index (κ1) is 16.2. The number of hydrogen-bond donors (Lipinski definition) is 1. The summed E-state index contributed by atoms with van der Waals surface area (Å²) < 4.78 is 12.8. The second-order valence-corrected chi connectivity index (χ2v) is 5.27. The van der Waals surface area contributed by atoms with E-state index in [1.54, 1.807) is 12.1 Å². The lowest BCUT2D eigenvalue weighted by Crippen LogP contribution is -2.23. The van der Waals surface area contributed by atoms with Crippen molar-refractivity contribution < 1.29 is 14.0 Å². The Balaban J connectivity index is 1.76. The maximum absolute atomic E-state index is 12.8. The van der Waals surface area contributed by atoms with Gasteiger partial charge in [-0.05, 0) is 42.0 Å².